The lowest BCUT2D eigenvalue weighted by molar-refractivity contribution is -0.136. The van der Waals surface area contributed by atoms with Gasteiger partial charge in [0.15, 0.2) is 5.25 Å². The number of carbonyl (C=O) groups excluding carboxylic acids is 3. The summed E-state index contributed by atoms with van der Waals surface area (Å²) in [4.78, 5) is 40.6. The molecule has 1 fully saturated rings. The molecule has 0 saturated carbocycles. The Bertz CT molecular complexity index is 972. The van der Waals surface area contributed by atoms with Crippen molar-refractivity contribution in [2.24, 2.45) is 5.92 Å². The number of anilines is 2. The van der Waals surface area contributed by atoms with Crippen LogP contribution in [0.5, 0.6) is 5.75 Å². The lowest BCUT2D eigenvalue weighted by Crippen LogP contribution is -2.48. The third-order valence-electron chi connectivity index (χ3n) is 5.37. The average molecular weight is 426 g/mol. The number of rotatable bonds is 4. The highest BCUT2D eigenvalue weighted by molar-refractivity contribution is 8.01. The van der Waals surface area contributed by atoms with Crippen LogP contribution in [0.1, 0.15) is 12.8 Å². The standard InChI is InChI=1S/C22H23N3O4S/c1-29-16-6-4-5-15(13-16)23-20(26)14-9-11-25(12-10-14)22(28)19-21(27)24-17-7-2-3-8-18(17)30-19/h2-8,13-14,19H,9-12H2,1H3,(H,23,26)(H,24,27). The minimum Gasteiger partial charge on any atom is -0.497 e. The third kappa shape index (κ3) is 4.28. The second-order valence-corrected chi connectivity index (χ2v) is 8.45. The maximum absolute atomic E-state index is 12.9. The molecule has 0 aromatic heterocycles. The molecule has 8 heteroatoms. The van der Waals surface area contributed by atoms with Gasteiger partial charge in [-0.15, -0.1) is 11.8 Å². The van der Waals surface area contributed by atoms with Crippen molar-refractivity contribution in [1.82, 2.24) is 4.90 Å². The average Bonchev–Trinajstić information content (AvgIpc) is 2.78. The predicted octanol–water partition coefficient (Wildman–Crippen LogP) is 2.99. The van der Waals surface area contributed by atoms with E-state index in [1.807, 2.05) is 42.5 Å². The first kappa shape index (κ1) is 20.3. The number of amides is 3. The van der Waals surface area contributed by atoms with Crippen molar-refractivity contribution in [3.63, 3.8) is 0 Å². The van der Waals surface area contributed by atoms with Gasteiger partial charge in [-0.2, -0.15) is 0 Å². The van der Waals surface area contributed by atoms with Gasteiger partial charge in [0.05, 0.1) is 12.8 Å². The Kier molecular flexibility index (Phi) is 5.94. The number of likely N-dealkylation sites (tertiary alicyclic amines) is 1. The summed E-state index contributed by atoms with van der Waals surface area (Å²) < 4.78 is 5.18. The van der Waals surface area contributed by atoms with Gasteiger partial charge in [0, 0.05) is 35.7 Å². The topological polar surface area (TPSA) is 87.7 Å². The SMILES string of the molecule is COc1cccc(NC(=O)C2CCN(C(=O)C3Sc4ccccc4NC3=O)CC2)c1. The highest BCUT2D eigenvalue weighted by atomic mass is 32.2. The number of ether oxygens (including phenoxy) is 1. The number of hydrogen-bond acceptors (Lipinski definition) is 5. The van der Waals surface area contributed by atoms with Gasteiger partial charge in [-0.3, -0.25) is 14.4 Å². The molecule has 1 saturated heterocycles. The molecule has 2 aliphatic rings. The maximum Gasteiger partial charge on any atom is 0.247 e. The van der Waals surface area contributed by atoms with Gasteiger partial charge in [-0.05, 0) is 37.1 Å². The van der Waals surface area contributed by atoms with Gasteiger partial charge in [-0.1, -0.05) is 18.2 Å². The molecule has 2 aromatic rings. The molecule has 0 bridgehead atoms. The minimum atomic E-state index is -0.790. The Morgan fingerprint density at radius 2 is 1.90 bits per heavy atom. The van der Waals surface area contributed by atoms with Crippen LogP contribution in [0.3, 0.4) is 0 Å². The Labute approximate surface area is 179 Å². The number of fused-ring (bicyclic) bond motifs is 1. The van der Waals surface area contributed by atoms with E-state index in [9.17, 15) is 14.4 Å². The quantitative estimate of drug-likeness (QED) is 0.736. The van der Waals surface area contributed by atoms with E-state index >= 15 is 0 Å². The van der Waals surface area contributed by atoms with E-state index in [1.54, 1.807) is 18.1 Å². The molecule has 2 aliphatic heterocycles. The summed E-state index contributed by atoms with van der Waals surface area (Å²) in [6.45, 7) is 0.919. The number of thioether (sulfide) groups is 1. The smallest absolute Gasteiger partial charge is 0.247 e. The van der Waals surface area contributed by atoms with E-state index in [-0.39, 0.29) is 23.6 Å². The van der Waals surface area contributed by atoms with Crippen LogP contribution in [0.15, 0.2) is 53.4 Å². The summed E-state index contributed by atoms with van der Waals surface area (Å²) in [6.07, 6.45) is 1.13. The van der Waals surface area contributed by atoms with Crippen molar-refractivity contribution in [3.05, 3.63) is 48.5 Å². The van der Waals surface area contributed by atoms with Crippen molar-refractivity contribution in [2.75, 3.05) is 30.8 Å². The van der Waals surface area contributed by atoms with Crippen molar-refractivity contribution >= 4 is 40.9 Å². The van der Waals surface area contributed by atoms with E-state index in [4.69, 9.17) is 4.74 Å². The molecular weight excluding hydrogens is 402 g/mol. The van der Waals surface area contributed by atoms with E-state index in [2.05, 4.69) is 10.6 Å². The van der Waals surface area contributed by atoms with Crippen molar-refractivity contribution in [2.45, 2.75) is 23.0 Å². The van der Waals surface area contributed by atoms with Gasteiger partial charge >= 0.3 is 0 Å². The lowest BCUT2D eigenvalue weighted by Gasteiger charge is -2.34. The highest BCUT2D eigenvalue weighted by Gasteiger charge is 2.37. The molecule has 0 aliphatic carbocycles. The summed E-state index contributed by atoms with van der Waals surface area (Å²) >= 11 is 1.28. The Balaban J connectivity index is 1.33. The molecule has 30 heavy (non-hydrogen) atoms. The van der Waals surface area contributed by atoms with Crippen LogP contribution in [0.25, 0.3) is 0 Å². The zero-order valence-electron chi connectivity index (χ0n) is 16.6. The van der Waals surface area contributed by atoms with Crippen LogP contribution in [0, 0.1) is 5.92 Å². The van der Waals surface area contributed by atoms with Crippen molar-refractivity contribution in [3.8, 4) is 5.75 Å². The summed E-state index contributed by atoms with van der Waals surface area (Å²) in [5.41, 5.74) is 1.43. The fraction of sp³-hybridized carbons (Fsp3) is 0.318. The van der Waals surface area contributed by atoms with Crippen LogP contribution in [-0.2, 0) is 14.4 Å². The Morgan fingerprint density at radius 1 is 1.13 bits per heavy atom. The molecule has 7 nitrogen and oxygen atoms in total. The summed E-state index contributed by atoms with van der Waals surface area (Å²) in [6, 6.07) is 14.7. The van der Waals surface area contributed by atoms with Gasteiger partial charge in [0.25, 0.3) is 0 Å². The van der Waals surface area contributed by atoms with Gasteiger partial charge in [0.1, 0.15) is 5.75 Å². The fourth-order valence-electron chi connectivity index (χ4n) is 3.69. The van der Waals surface area contributed by atoms with Crippen LogP contribution >= 0.6 is 11.8 Å². The molecular formula is C22H23N3O4S. The number of nitrogens with one attached hydrogen (secondary N) is 2. The number of carbonyl (C=O) groups is 3. The zero-order chi connectivity index (χ0) is 21.1. The predicted molar refractivity (Wildman–Crippen MR) is 116 cm³/mol. The molecule has 2 N–H and O–H groups in total. The monoisotopic (exact) mass is 425 g/mol. The molecule has 1 atom stereocenters. The molecule has 2 aromatic carbocycles. The zero-order valence-corrected chi connectivity index (χ0v) is 17.4. The lowest BCUT2D eigenvalue weighted by atomic mass is 9.95. The summed E-state index contributed by atoms with van der Waals surface area (Å²) in [7, 11) is 1.58. The molecule has 3 amide bonds. The highest BCUT2D eigenvalue weighted by Crippen LogP contribution is 2.36. The fourth-order valence-corrected chi connectivity index (χ4v) is 4.76. The van der Waals surface area contributed by atoms with Gasteiger partial charge in [0.2, 0.25) is 17.7 Å². The van der Waals surface area contributed by atoms with Gasteiger partial charge < -0.3 is 20.3 Å². The first-order valence-electron chi connectivity index (χ1n) is 9.85. The number of hydrogen-bond donors (Lipinski definition) is 2. The first-order valence-corrected chi connectivity index (χ1v) is 10.7. The van der Waals surface area contributed by atoms with E-state index in [0.29, 0.717) is 37.4 Å². The number of nitrogens with zero attached hydrogens (tertiary/aromatic N) is 1. The Morgan fingerprint density at radius 3 is 2.67 bits per heavy atom. The van der Waals surface area contributed by atoms with Crippen LogP contribution in [-0.4, -0.2) is 48.1 Å². The summed E-state index contributed by atoms with van der Waals surface area (Å²) in [5.74, 6) is -0.0406. The largest absolute Gasteiger partial charge is 0.497 e. The van der Waals surface area contributed by atoms with Crippen LogP contribution in [0.2, 0.25) is 0 Å². The van der Waals surface area contributed by atoms with Crippen molar-refractivity contribution < 1.29 is 19.1 Å². The molecule has 156 valence electrons. The van der Waals surface area contributed by atoms with Crippen LogP contribution in [0.4, 0.5) is 11.4 Å². The Hall–Kier alpha value is -3.00. The third-order valence-corrected chi connectivity index (χ3v) is 6.63. The van der Waals surface area contributed by atoms with E-state index < -0.39 is 5.25 Å². The minimum absolute atomic E-state index is 0.0611. The molecule has 2 heterocycles. The molecule has 4 rings (SSSR count). The first-order chi connectivity index (χ1) is 14.5. The second kappa shape index (κ2) is 8.79. The van der Waals surface area contributed by atoms with E-state index in [0.717, 1.165) is 10.6 Å². The molecule has 0 radical (unpaired) electrons. The second-order valence-electron chi connectivity index (χ2n) is 7.30. The van der Waals surface area contributed by atoms with Gasteiger partial charge in [-0.25, -0.2) is 0 Å². The molecule has 1 unspecified atom stereocenters. The summed E-state index contributed by atoms with van der Waals surface area (Å²) in [5, 5.41) is 4.94. The van der Waals surface area contributed by atoms with Crippen LogP contribution < -0.4 is 15.4 Å². The number of para-hydroxylation sites is 1. The van der Waals surface area contributed by atoms with E-state index in [1.165, 1.54) is 11.8 Å². The number of benzene rings is 2. The number of methoxy groups -OCH3 is 1. The number of piperidine rings is 1. The normalized spacial score (nSPS) is 18.9. The van der Waals surface area contributed by atoms with Crippen molar-refractivity contribution in [1.29, 1.82) is 0 Å². The maximum atomic E-state index is 12.9. The molecule has 0 spiro atoms.